The number of carbonyl (C=O) groups excluding carboxylic acids is 1. The zero-order valence-electron chi connectivity index (χ0n) is 11.3. The first-order valence-corrected chi connectivity index (χ1v) is 6.98. The summed E-state index contributed by atoms with van der Waals surface area (Å²) in [6.07, 6.45) is 0. The average Bonchev–Trinajstić information content (AvgIpc) is 2.94. The summed E-state index contributed by atoms with van der Waals surface area (Å²) in [5, 5.41) is 5.41. The van der Waals surface area contributed by atoms with E-state index in [2.05, 4.69) is 18.3 Å². The summed E-state index contributed by atoms with van der Waals surface area (Å²) in [4.78, 5) is 13.0. The van der Waals surface area contributed by atoms with Gasteiger partial charge >= 0.3 is 5.97 Å². The van der Waals surface area contributed by atoms with E-state index in [-0.39, 0.29) is 12.0 Å². The second kappa shape index (κ2) is 5.89. The number of thiophene rings is 1. The molecule has 1 unspecified atom stereocenters. The molecule has 0 aliphatic carbocycles. The van der Waals surface area contributed by atoms with Crippen molar-refractivity contribution in [3.63, 3.8) is 0 Å². The zero-order chi connectivity index (χ0) is 13.8. The first-order valence-electron chi connectivity index (χ1n) is 6.10. The standard InChI is InChI=1S/C15H17NO2S/c1-10-6-7-13(12(9-10)15(17)18-3)16-11(2)14-5-4-8-19-14/h4-9,11,16H,1-3H3. The molecule has 0 amide bonds. The Labute approximate surface area is 117 Å². The van der Waals surface area contributed by atoms with Crippen molar-refractivity contribution in [2.75, 3.05) is 12.4 Å². The first-order chi connectivity index (χ1) is 9.11. The molecule has 0 radical (unpaired) electrons. The van der Waals surface area contributed by atoms with E-state index in [0.29, 0.717) is 5.56 Å². The molecule has 2 rings (SSSR count). The molecular weight excluding hydrogens is 258 g/mol. The highest BCUT2D eigenvalue weighted by Gasteiger charge is 2.14. The van der Waals surface area contributed by atoms with Crippen LogP contribution in [0, 0.1) is 6.92 Å². The fourth-order valence-corrected chi connectivity index (χ4v) is 2.64. The minimum absolute atomic E-state index is 0.158. The maximum absolute atomic E-state index is 11.8. The molecule has 0 spiro atoms. The highest BCUT2D eigenvalue weighted by molar-refractivity contribution is 7.10. The van der Waals surface area contributed by atoms with Crippen molar-refractivity contribution >= 4 is 23.0 Å². The number of nitrogens with one attached hydrogen (secondary N) is 1. The third-order valence-electron chi connectivity index (χ3n) is 2.92. The smallest absolute Gasteiger partial charge is 0.339 e. The van der Waals surface area contributed by atoms with Gasteiger partial charge in [-0.15, -0.1) is 11.3 Å². The quantitative estimate of drug-likeness (QED) is 0.857. The highest BCUT2D eigenvalue weighted by atomic mass is 32.1. The van der Waals surface area contributed by atoms with Crippen LogP contribution in [0.3, 0.4) is 0 Å². The summed E-state index contributed by atoms with van der Waals surface area (Å²) in [7, 11) is 1.40. The molecular formula is C15H17NO2S. The Morgan fingerprint density at radius 1 is 1.37 bits per heavy atom. The maximum atomic E-state index is 11.8. The van der Waals surface area contributed by atoms with Gasteiger partial charge in [0.2, 0.25) is 0 Å². The molecule has 1 atom stereocenters. The monoisotopic (exact) mass is 275 g/mol. The Bertz CT molecular complexity index is 564. The Morgan fingerprint density at radius 2 is 2.16 bits per heavy atom. The van der Waals surface area contributed by atoms with Gasteiger partial charge in [0, 0.05) is 10.6 Å². The number of hydrogen-bond acceptors (Lipinski definition) is 4. The van der Waals surface area contributed by atoms with E-state index in [1.165, 1.54) is 12.0 Å². The number of anilines is 1. The van der Waals surface area contributed by atoms with Crippen LogP contribution in [0.15, 0.2) is 35.7 Å². The summed E-state index contributed by atoms with van der Waals surface area (Å²) in [6.45, 7) is 4.03. The first kappa shape index (κ1) is 13.6. The van der Waals surface area contributed by atoms with Crippen LogP contribution in [0.2, 0.25) is 0 Å². The van der Waals surface area contributed by atoms with Crippen LogP contribution in [0.4, 0.5) is 5.69 Å². The molecule has 0 aliphatic heterocycles. The van der Waals surface area contributed by atoms with Crippen LogP contribution in [-0.4, -0.2) is 13.1 Å². The molecule has 19 heavy (non-hydrogen) atoms. The number of hydrogen-bond donors (Lipinski definition) is 1. The minimum atomic E-state index is -0.315. The normalized spacial score (nSPS) is 11.9. The second-order valence-electron chi connectivity index (χ2n) is 4.42. The van der Waals surface area contributed by atoms with E-state index in [1.54, 1.807) is 11.3 Å². The number of benzene rings is 1. The van der Waals surface area contributed by atoms with Gasteiger partial charge < -0.3 is 10.1 Å². The van der Waals surface area contributed by atoms with E-state index < -0.39 is 0 Å². The van der Waals surface area contributed by atoms with Gasteiger partial charge in [-0.05, 0) is 37.4 Å². The van der Waals surface area contributed by atoms with Crippen molar-refractivity contribution in [3.8, 4) is 0 Å². The molecule has 1 aromatic heterocycles. The molecule has 0 aliphatic rings. The van der Waals surface area contributed by atoms with Crippen LogP contribution in [-0.2, 0) is 4.74 Å². The minimum Gasteiger partial charge on any atom is -0.465 e. The number of carbonyl (C=O) groups is 1. The third kappa shape index (κ3) is 3.15. The number of esters is 1. The van der Waals surface area contributed by atoms with Crippen molar-refractivity contribution in [2.24, 2.45) is 0 Å². The van der Waals surface area contributed by atoms with Gasteiger partial charge in [0.15, 0.2) is 0 Å². The van der Waals surface area contributed by atoms with Crippen molar-refractivity contribution < 1.29 is 9.53 Å². The fourth-order valence-electron chi connectivity index (χ4n) is 1.90. The van der Waals surface area contributed by atoms with E-state index in [0.717, 1.165) is 11.3 Å². The van der Waals surface area contributed by atoms with Gasteiger partial charge in [-0.25, -0.2) is 4.79 Å². The third-order valence-corrected chi connectivity index (χ3v) is 3.98. The molecule has 3 nitrogen and oxygen atoms in total. The van der Waals surface area contributed by atoms with Crippen molar-refractivity contribution in [1.82, 2.24) is 0 Å². The van der Waals surface area contributed by atoms with E-state index in [1.807, 2.05) is 36.6 Å². The molecule has 2 aromatic rings. The van der Waals surface area contributed by atoms with E-state index in [4.69, 9.17) is 4.74 Å². The highest BCUT2D eigenvalue weighted by Crippen LogP contribution is 2.26. The van der Waals surface area contributed by atoms with Gasteiger partial charge in [0.1, 0.15) is 0 Å². The SMILES string of the molecule is COC(=O)c1cc(C)ccc1NC(C)c1cccs1. The number of methoxy groups -OCH3 is 1. The molecule has 1 aromatic carbocycles. The predicted octanol–water partition coefficient (Wildman–Crippen LogP) is 4.02. The topological polar surface area (TPSA) is 38.3 Å². The summed E-state index contributed by atoms with van der Waals surface area (Å²) >= 11 is 1.69. The molecule has 4 heteroatoms. The summed E-state index contributed by atoms with van der Waals surface area (Å²) < 4.78 is 4.83. The van der Waals surface area contributed by atoms with Crippen LogP contribution < -0.4 is 5.32 Å². The number of ether oxygens (including phenoxy) is 1. The van der Waals surface area contributed by atoms with Crippen molar-refractivity contribution in [2.45, 2.75) is 19.9 Å². The lowest BCUT2D eigenvalue weighted by molar-refractivity contribution is 0.0601. The summed E-state index contributed by atoms with van der Waals surface area (Å²) in [5.41, 5.74) is 2.42. The summed E-state index contributed by atoms with van der Waals surface area (Å²) in [6, 6.07) is 10.0. The molecule has 0 saturated heterocycles. The van der Waals surface area contributed by atoms with E-state index in [9.17, 15) is 4.79 Å². The Kier molecular flexibility index (Phi) is 4.22. The van der Waals surface area contributed by atoms with Gasteiger partial charge in [-0.2, -0.15) is 0 Å². The largest absolute Gasteiger partial charge is 0.465 e. The van der Waals surface area contributed by atoms with Crippen molar-refractivity contribution in [3.05, 3.63) is 51.7 Å². The number of aryl methyl sites for hydroxylation is 1. The molecule has 100 valence electrons. The van der Waals surface area contributed by atoms with Crippen LogP contribution >= 0.6 is 11.3 Å². The van der Waals surface area contributed by atoms with Gasteiger partial charge in [0.05, 0.1) is 18.7 Å². The lowest BCUT2D eigenvalue weighted by atomic mass is 10.1. The zero-order valence-corrected chi connectivity index (χ0v) is 12.1. The van der Waals surface area contributed by atoms with Crippen LogP contribution in [0.25, 0.3) is 0 Å². The number of rotatable bonds is 4. The molecule has 0 bridgehead atoms. The lowest BCUT2D eigenvalue weighted by Crippen LogP contribution is -2.11. The van der Waals surface area contributed by atoms with Gasteiger partial charge in [-0.1, -0.05) is 17.7 Å². The fraction of sp³-hybridized carbons (Fsp3) is 0.267. The summed E-state index contributed by atoms with van der Waals surface area (Å²) in [5.74, 6) is -0.315. The molecule has 1 heterocycles. The predicted molar refractivity (Wildman–Crippen MR) is 78.9 cm³/mol. The lowest BCUT2D eigenvalue weighted by Gasteiger charge is -2.16. The molecule has 0 fully saturated rings. The Hall–Kier alpha value is -1.81. The Morgan fingerprint density at radius 3 is 2.79 bits per heavy atom. The Balaban J connectivity index is 2.27. The average molecular weight is 275 g/mol. The van der Waals surface area contributed by atoms with Crippen LogP contribution in [0.1, 0.15) is 33.8 Å². The molecule has 0 saturated carbocycles. The van der Waals surface area contributed by atoms with Crippen molar-refractivity contribution in [1.29, 1.82) is 0 Å². The van der Waals surface area contributed by atoms with Crippen LogP contribution in [0.5, 0.6) is 0 Å². The van der Waals surface area contributed by atoms with Gasteiger partial charge in [0.25, 0.3) is 0 Å². The van der Waals surface area contributed by atoms with E-state index >= 15 is 0 Å². The maximum Gasteiger partial charge on any atom is 0.339 e. The second-order valence-corrected chi connectivity index (χ2v) is 5.40. The molecule has 1 N–H and O–H groups in total. The van der Waals surface area contributed by atoms with Gasteiger partial charge in [-0.3, -0.25) is 0 Å².